The van der Waals surface area contributed by atoms with Gasteiger partial charge in [0.05, 0.1) is 45.2 Å². The molecule has 4 heterocycles. The van der Waals surface area contributed by atoms with E-state index in [1.807, 2.05) is 36.4 Å². The summed E-state index contributed by atoms with van der Waals surface area (Å²) in [5, 5.41) is 36.8. The third-order valence-electron chi connectivity index (χ3n) is 30.5. The molecule has 0 amide bonds. The predicted octanol–water partition coefficient (Wildman–Crippen LogP) is 38.2. The van der Waals surface area contributed by atoms with E-state index in [0.717, 1.165) is 139 Å². The number of benzene rings is 26. The van der Waals surface area contributed by atoms with E-state index in [1.165, 1.54) is 157 Å². The second kappa shape index (κ2) is 35.2. The first-order valence-electron chi connectivity index (χ1n) is 50.7. The zero-order chi connectivity index (χ0) is 97.4. The van der Waals surface area contributed by atoms with Crippen LogP contribution in [0.25, 0.3) is 307 Å². The van der Waals surface area contributed by atoms with Crippen LogP contribution >= 0.6 is 0 Å². The summed E-state index contributed by atoms with van der Waals surface area (Å²) < 4.78 is 0. The highest BCUT2D eigenvalue weighted by Crippen LogP contribution is 2.50. The number of pyridine rings is 2. The molecule has 30 rings (SSSR count). The molecule has 0 saturated carbocycles. The van der Waals surface area contributed by atoms with Gasteiger partial charge in [0.15, 0.2) is 11.6 Å². The van der Waals surface area contributed by atoms with Gasteiger partial charge in [-0.05, 0) is 245 Å². The highest BCUT2D eigenvalue weighted by molar-refractivity contribution is 6.31. The minimum absolute atomic E-state index is 0.679. The molecule has 0 aliphatic heterocycles. The molecular weight excluding hydrogens is 1790 g/mol. The molecule has 0 atom stereocenters. The van der Waals surface area contributed by atoms with Crippen molar-refractivity contribution in [2.75, 3.05) is 0 Å². The molecular formula is C142H86N6. The Labute approximate surface area is 852 Å². The summed E-state index contributed by atoms with van der Waals surface area (Å²) in [6, 6.07) is 189. The monoisotopic (exact) mass is 1870 g/mol. The zero-order valence-corrected chi connectivity index (χ0v) is 80.3. The first-order chi connectivity index (χ1) is 73.4. The van der Waals surface area contributed by atoms with Gasteiger partial charge in [0, 0.05) is 66.1 Å². The number of hydrogen-bond donors (Lipinski definition) is 0. The fraction of sp³-hybridized carbons (Fsp3) is 0. The van der Waals surface area contributed by atoms with Gasteiger partial charge in [-0.3, -0.25) is 0 Å². The standard InChI is InChI=1S/2C71H43N3/c1-3-17-45(18-4-1)68-43-69(74-71(73-68)47-19-5-2-6-20-47)46-33-31-44(32-34-46)63-42-67(49-36-38-60-55-26-10-8-22-51(55)53-24-12-14-28-57(53)65(60)40-49)72-70-61-30-16-15-29-58(61)62(41-66(63)70)48-35-37-59-54-25-9-7-21-50(54)52-23-11-13-27-56(52)64(59)39-48;1-3-17-45(18-4-1)68-43-69(46-19-5-2-6-20-46)74-71(73-68)47-33-31-44(32-34-47)63-42-67(49-36-38-60-55-26-10-8-22-51(55)53-24-12-14-28-57(53)65(60)40-49)72-70-61-30-16-15-29-58(61)62(41-66(63)70)48-35-37-59-54-25-9-7-21-50(54)52-23-11-13-27-56(52)64(59)39-48/h2*1-43H. The van der Waals surface area contributed by atoms with Crippen molar-refractivity contribution < 1.29 is 0 Å². The van der Waals surface area contributed by atoms with E-state index in [4.69, 9.17) is 29.9 Å². The van der Waals surface area contributed by atoms with Crippen molar-refractivity contribution in [1.29, 1.82) is 0 Å². The summed E-state index contributed by atoms with van der Waals surface area (Å²) in [5.74, 6) is 1.37. The second-order valence-corrected chi connectivity index (χ2v) is 38.8. The maximum Gasteiger partial charge on any atom is 0.160 e. The molecule has 6 nitrogen and oxygen atoms in total. The summed E-state index contributed by atoms with van der Waals surface area (Å²) >= 11 is 0. The van der Waals surface area contributed by atoms with E-state index in [-0.39, 0.29) is 0 Å². The van der Waals surface area contributed by atoms with Gasteiger partial charge < -0.3 is 0 Å². The van der Waals surface area contributed by atoms with Crippen LogP contribution < -0.4 is 0 Å². The van der Waals surface area contributed by atoms with Crippen LogP contribution in [0, 0.1) is 0 Å². The molecule has 148 heavy (non-hydrogen) atoms. The summed E-state index contributed by atoms with van der Waals surface area (Å²) in [7, 11) is 0. The van der Waals surface area contributed by atoms with E-state index < -0.39 is 0 Å². The number of nitrogens with zero attached hydrogens (tertiary/aromatic N) is 6. The first-order valence-corrected chi connectivity index (χ1v) is 50.7. The van der Waals surface area contributed by atoms with Gasteiger partial charge in [0.1, 0.15) is 0 Å². The van der Waals surface area contributed by atoms with Gasteiger partial charge in [-0.1, -0.05) is 461 Å². The van der Waals surface area contributed by atoms with E-state index in [2.05, 4.69) is 485 Å². The van der Waals surface area contributed by atoms with Gasteiger partial charge in [-0.2, -0.15) is 0 Å². The second-order valence-electron chi connectivity index (χ2n) is 38.8. The van der Waals surface area contributed by atoms with Crippen LogP contribution in [0.3, 0.4) is 0 Å². The quantitative estimate of drug-likeness (QED) is 0.113. The molecule has 30 aromatic rings. The number of aromatic nitrogens is 6. The average molecular weight is 1880 g/mol. The lowest BCUT2D eigenvalue weighted by Gasteiger charge is -2.17. The van der Waals surface area contributed by atoms with E-state index in [9.17, 15) is 0 Å². The summed E-state index contributed by atoms with van der Waals surface area (Å²) in [4.78, 5) is 32.0. The van der Waals surface area contributed by atoms with Crippen LogP contribution in [0.4, 0.5) is 0 Å². The third kappa shape index (κ3) is 14.5. The highest BCUT2D eigenvalue weighted by atomic mass is 14.9. The molecule has 6 heteroatoms. The molecule has 0 bridgehead atoms. The van der Waals surface area contributed by atoms with Crippen LogP contribution in [0.2, 0.25) is 0 Å². The fourth-order valence-electron chi connectivity index (χ4n) is 23.4. The lowest BCUT2D eigenvalue weighted by molar-refractivity contribution is 1.18. The Morgan fingerprint density at radius 1 is 0.0878 bits per heavy atom. The van der Waals surface area contributed by atoms with Crippen molar-refractivity contribution in [3.8, 4) is 135 Å². The lowest BCUT2D eigenvalue weighted by atomic mass is 9.88. The summed E-state index contributed by atoms with van der Waals surface area (Å²) in [6.07, 6.45) is 0. The van der Waals surface area contributed by atoms with Gasteiger partial charge >= 0.3 is 0 Å². The number of fused-ring (bicyclic) bond motifs is 30. The molecule has 4 aromatic heterocycles. The van der Waals surface area contributed by atoms with E-state index in [1.54, 1.807) is 0 Å². The smallest absolute Gasteiger partial charge is 0.160 e. The Morgan fingerprint density at radius 2 is 0.264 bits per heavy atom. The predicted molar refractivity (Wildman–Crippen MR) is 625 cm³/mol. The number of hydrogen-bond acceptors (Lipinski definition) is 6. The Morgan fingerprint density at radius 3 is 0.541 bits per heavy atom. The highest BCUT2D eigenvalue weighted by Gasteiger charge is 2.25. The zero-order valence-electron chi connectivity index (χ0n) is 80.3. The van der Waals surface area contributed by atoms with Gasteiger partial charge in [0.25, 0.3) is 0 Å². The fourth-order valence-corrected chi connectivity index (χ4v) is 23.4. The molecule has 0 aliphatic carbocycles. The molecule has 0 fully saturated rings. The number of rotatable bonds is 12. The van der Waals surface area contributed by atoms with Crippen molar-refractivity contribution in [2.45, 2.75) is 0 Å². The summed E-state index contributed by atoms with van der Waals surface area (Å²) in [5.41, 5.74) is 24.6. The van der Waals surface area contributed by atoms with Crippen LogP contribution in [0.1, 0.15) is 0 Å². The average Bonchev–Trinajstić information content (AvgIpc) is 0.731. The van der Waals surface area contributed by atoms with Crippen molar-refractivity contribution in [3.63, 3.8) is 0 Å². The SMILES string of the molecule is c1ccc(-c2cc(-c3ccc(-c4cc(-c5ccc6c7ccccc7c7ccccc7c6c5)nc5c4cc(-c4ccc6c7ccccc7c7ccccc7c6c4)c4ccccc45)cc3)nc(-c3ccccc3)n2)cc1.c1ccc(-c2cc(-c3ccccc3)nc(-c3ccc(-c4cc(-c5ccc6c7ccccc7c7ccccc7c6c5)nc5c4cc(-c4ccc6c7ccccc7c7ccccc7c6c4)c4ccccc45)cc3)n2)cc1. The maximum absolute atomic E-state index is 5.69. The Hall–Kier alpha value is -19.7. The molecule has 0 N–H and O–H groups in total. The van der Waals surface area contributed by atoms with E-state index in [0.29, 0.717) is 11.6 Å². The normalized spacial score (nSPS) is 11.8. The molecule has 0 saturated heterocycles. The molecule has 0 spiro atoms. The van der Waals surface area contributed by atoms with Crippen molar-refractivity contribution >= 4 is 173 Å². The van der Waals surface area contributed by atoms with Crippen LogP contribution in [0.5, 0.6) is 0 Å². The minimum Gasteiger partial charge on any atom is -0.247 e. The van der Waals surface area contributed by atoms with Gasteiger partial charge in [-0.15, -0.1) is 0 Å². The molecule has 0 radical (unpaired) electrons. The Kier molecular flexibility index (Phi) is 20.2. The van der Waals surface area contributed by atoms with Crippen LogP contribution in [0.15, 0.2) is 522 Å². The molecule has 0 aliphatic rings. The van der Waals surface area contributed by atoms with Crippen LogP contribution in [-0.4, -0.2) is 29.9 Å². The molecule has 0 unspecified atom stereocenters. The minimum atomic E-state index is 0.679. The van der Waals surface area contributed by atoms with Gasteiger partial charge in [0.2, 0.25) is 0 Å². The van der Waals surface area contributed by atoms with Crippen molar-refractivity contribution in [1.82, 2.24) is 29.9 Å². The Balaban J connectivity index is 0.000000140. The van der Waals surface area contributed by atoms with E-state index >= 15 is 0 Å². The molecule has 684 valence electrons. The Bertz CT molecular complexity index is 9860. The van der Waals surface area contributed by atoms with Crippen molar-refractivity contribution in [2.24, 2.45) is 0 Å². The summed E-state index contributed by atoms with van der Waals surface area (Å²) in [6.45, 7) is 0. The lowest BCUT2D eigenvalue weighted by Crippen LogP contribution is -1.96. The molecule has 26 aromatic carbocycles. The van der Waals surface area contributed by atoms with Crippen LogP contribution in [-0.2, 0) is 0 Å². The largest absolute Gasteiger partial charge is 0.247 e. The van der Waals surface area contributed by atoms with Gasteiger partial charge in [-0.25, -0.2) is 29.9 Å². The first kappa shape index (κ1) is 85.1. The third-order valence-corrected chi connectivity index (χ3v) is 30.5. The maximum atomic E-state index is 5.69. The van der Waals surface area contributed by atoms with Crippen molar-refractivity contribution in [3.05, 3.63) is 522 Å². The topological polar surface area (TPSA) is 77.3 Å².